The second-order valence-electron chi connectivity index (χ2n) is 4.78. The lowest BCUT2D eigenvalue weighted by molar-refractivity contribution is 0.601. The molecule has 0 amide bonds. The van der Waals surface area contributed by atoms with E-state index >= 15 is 0 Å². The van der Waals surface area contributed by atoms with E-state index in [1.807, 2.05) is 6.92 Å². The predicted molar refractivity (Wildman–Crippen MR) is 91.8 cm³/mol. The second kappa shape index (κ2) is 6.93. The number of hydrogen-bond donors (Lipinski definition) is 3. The van der Waals surface area contributed by atoms with Crippen LogP contribution in [0.4, 0.5) is 5.69 Å². The molecule has 8 heteroatoms. The molecule has 0 aliphatic heterocycles. The molecular formula is C15H17N5O2S. The van der Waals surface area contributed by atoms with E-state index < -0.39 is 10.0 Å². The van der Waals surface area contributed by atoms with Crippen LogP contribution in [0.3, 0.4) is 0 Å². The normalized spacial score (nSPS) is 11.3. The largest absolute Gasteiger partial charge is 0.369 e. The van der Waals surface area contributed by atoms with Gasteiger partial charge in [-0.2, -0.15) is 5.10 Å². The lowest BCUT2D eigenvalue weighted by Crippen LogP contribution is -2.21. The van der Waals surface area contributed by atoms with Crippen LogP contribution in [0.25, 0.3) is 0 Å². The highest BCUT2D eigenvalue weighted by Gasteiger charge is 2.15. The van der Waals surface area contributed by atoms with Gasteiger partial charge in [-0.1, -0.05) is 35.9 Å². The number of guanidine groups is 1. The number of aryl methyl sites for hydroxylation is 1. The van der Waals surface area contributed by atoms with E-state index in [0.29, 0.717) is 11.3 Å². The minimum Gasteiger partial charge on any atom is -0.369 e. The van der Waals surface area contributed by atoms with Gasteiger partial charge in [-0.05, 0) is 25.1 Å². The highest BCUT2D eigenvalue weighted by Crippen LogP contribution is 2.19. The second-order valence-corrected chi connectivity index (χ2v) is 6.46. The van der Waals surface area contributed by atoms with Gasteiger partial charge < -0.3 is 11.5 Å². The molecule has 0 bridgehead atoms. The predicted octanol–water partition coefficient (Wildman–Crippen LogP) is 1.40. The SMILES string of the molecule is Cc1ccc(S(=O)(=O)Nc2ccccc2C=NN=C(N)N)cc1. The monoisotopic (exact) mass is 331 g/mol. The van der Waals surface area contributed by atoms with E-state index in [-0.39, 0.29) is 10.9 Å². The number of rotatable bonds is 5. The molecular weight excluding hydrogens is 314 g/mol. The lowest BCUT2D eigenvalue weighted by Gasteiger charge is -2.10. The van der Waals surface area contributed by atoms with Crippen molar-refractivity contribution in [2.75, 3.05) is 4.72 Å². The van der Waals surface area contributed by atoms with E-state index in [1.54, 1.807) is 48.5 Å². The number of para-hydroxylation sites is 1. The first-order valence-electron chi connectivity index (χ1n) is 6.69. The molecule has 120 valence electrons. The van der Waals surface area contributed by atoms with E-state index in [0.717, 1.165) is 5.56 Å². The van der Waals surface area contributed by atoms with Crippen molar-refractivity contribution in [2.24, 2.45) is 21.7 Å². The highest BCUT2D eigenvalue weighted by molar-refractivity contribution is 7.92. The Hall–Kier alpha value is -2.87. The van der Waals surface area contributed by atoms with Gasteiger partial charge >= 0.3 is 0 Å². The van der Waals surface area contributed by atoms with Crippen LogP contribution in [0, 0.1) is 6.92 Å². The fraction of sp³-hybridized carbons (Fsp3) is 0.0667. The topological polar surface area (TPSA) is 123 Å². The molecule has 23 heavy (non-hydrogen) atoms. The Morgan fingerprint density at radius 3 is 2.39 bits per heavy atom. The van der Waals surface area contributed by atoms with Crippen LogP contribution in [-0.2, 0) is 10.0 Å². The molecule has 0 spiro atoms. The Morgan fingerprint density at radius 1 is 1.09 bits per heavy atom. The summed E-state index contributed by atoms with van der Waals surface area (Å²) in [4.78, 5) is 0.180. The Labute approximate surface area is 134 Å². The molecule has 0 saturated heterocycles. The summed E-state index contributed by atoms with van der Waals surface area (Å²) in [5.74, 6) is -0.182. The van der Waals surface area contributed by atoms with Crippen LogP contribution in [-0.4, -0.2) is 20.6 Å². The van der Waals surface area contributed by atoms with Gasteiger partial charge in [0, 0.05) is 5.56 Å². The molecule has 0 aliphatic rings. The number of benzene rings is 2. The minimum atomic E-state index is -3.69. The number of nitrogens with zero attached hydrogens (tertiary/aromatic N) is 2. The molecule has 7 nitrogen and oxygen atoms in total. The van der Waals surface area contributed by atoms with Gasteiger partial charge in [-0.3, -0.25) is 4.72 Å². The van der Waals surface area contributed by atoms with Crippen molar-refractivity contribution in [1.82, 2.24) is 0 Å². The Morgan fingerprint density at radius 2 is 1.74 bits per heavy atom. The van der Waals surface area contributed by atoms with Crippen molar-refractivity contribution in [3.63, 3.8) is 0 Å². The Balaban J connectivity index is 2.31. The third kappa shape index (κ3) is 4.55. The minimum absolute atomic E-state index is 0.180. The van der Waals surface area contributed by atoms with Crippen LogP contribution in [0.15, 0.2) is 63.6 Å². The maximum Gasteiger partial charge on any atom is 0.261 e. The first-order valence-corrected chi connectivity index (χ1v) is 8.17. The smallest absolute Gasteiger partial charge is 0.261 e. The lowest BCUT2D eigenvalue weighted by atomic mass is 10.2. The van der Waals surface area contributed by atoms with E-state index in [9.17, 15) is 8.42 Å². The number of sulfonamides is 1. The van der Waals surface area contributed by atoms with E-state index in [4.69, 9.17) is 11.5 Å². The van der Waals surface area contributed by atoms with Crippen molar-refractivity contribution in [3.05, 3.63) is 59.7 Å². The molecule has 0 heterocycles. The third-order valence-electron chi connectivity index (χ3n) is 2.91. The van der Waals surface area contributed by atoms with Crippen LogP contribution in [0.5, 0.6) is 0 Å². The van der Waals surface area contributed by atoms with Gasteiger partial charge in [0.05, 0.1) is 16.8 Å². The maximum atomic E-state index is 12.4. The summed E-state index contributed by atoms with van der Waals surface area (Å²) >= 11 is 0. The number of nitrogens with one attached hydrogen (secondary N) is 1. The number of hydrogen-bond acceptors (Lipinski definition) is 4. The molecule has 2 aromatic carbocycles. The number of anilines is 1. The van der Waals surface area contributed by atoms with Crippen LogP contribution < -0.4 is 16.2 Å². The van der Waals surface area contributed by atoms with Gasteiger partial charge in [-0.15, -0.1) is 5.10 Å². The summed E-state index contributed by atoms with van der Waals surface area (Å²) in [5, 5.41) is 7.18. The summed E-state index contributed by atoms with van der Waals surface area (Å²) in [5.41, 5.74) is 12.3. The summed E-state index contributed by atoms with van der Waals surface area (Å²) in [7, 11) is -3.69. The van der Waals surface area contributed by atoms with E-state index in [1.165, 1.54) is 6.21 Å². The van der Waals surface area contributed by atoms with Crippen molar-refractivity contribution in [3.8, 4) is 0 Å². The standard InChI is InChI=1S/C15H17N5O2S/c1-11-6-8-13(9-7-11)23(21,22)20-14-5-3-2-4-12(14)10-18-19-15(16)17/h2-10,20H,1H3,(H4,16,17,19). The fourth-order valence-corrected chi connectivity index (χ4v) is 2.87. The number of nitrogens with two attached hydrogens (primary N) is 2. The van der Waals surface area contributed by atoms with Gasteiger partial charge in [-0.25, -0.2) is 8.42 Å². The van der Waals surface area contributed by atoms with Crippen LogP contribution in [0.1, 0.15) is 11.1 Å². The first kappa shape index (κ1) is 16.5. The Kier molecular flexibility index (Phi) is 4.97. The zero-order chi connectivity index (χ0) is 16.9. The molecule has 0 fully saturated rings. The highest BCUT2D eigenvalue weighted by atomic mass is 32.2. The fourth-order valence-electron chi connectivity index (χ4n) is 1.78. The average Bonchev–Trinajstić information content (AvgIpc) is 2.49. The van der Waals surface area contributed by atoms with Gasteiger partial charge in [0.2, 0.25) is 5.96 Å². The van der Waals surface area contributed by atoms with Gasteiger partial charge in [0.15, 0.2) is 0 Å². The van der Waals surface area contributed by atoms with Gasteiger partial charge in [0.25, 0.3) is 10.0 Å². The van der Waals surface area contributed by atoms with Crippen molar-refractivity contribution in [1.29, 1.82) is 0 Å². The van der Waals surface area contributed by atoms with E-state index in [2.05, 4.69) is 14.9 Å². The molecule has 0 radical (unpaired) electrons. The maximum absolute atomic E-state index is 12.4. The van der Waals surface area contributed by atoms with Gasteiger partial charge in [0.1, 0.15) is 0 Å². The first-order chi connectivity index (χ1) is 10.9. The van der Waals surface area contributed by atoms with Crippen molar-refractivity contribution in [2.45, 2.75) is 11.8 Å². The zero-order valence-corrected chi connectivity index (χ0v) is 13.3. The zero-order valence-electron chi connectivity index (χ0n) is 12.5. The quantitative estimate of drug-likeness (QED) is 0.435. The summed E-state index contributed by atoms with van der Waals surface area (Å²) in [6.07, 6.45) is 1.37. The van der Waals surface area contributed by atoms with Crippen molar-refractivity contribution >= 4 is 27.9 Å². The summed E-state index contributed by atoms with van der Waals surface area (Å²) in [6.45, 7) is 1.89. The molecule has 2 aromatic rings. The molecule has 2 rings (SSSR count). The molecule has 0 atom stereocenters. The molecule has 5 N–H and O–H groups in total. The molecule has 0 saturated carbocycles. The average molecular weight is 331 g/mol. The molecule has 0 aliphatic carbocycles. The van der Waals surface area contributed by atoms with Crippen LogP contribution in [0.2, 0.25) is 0 Å². The summed E-state index contributed by atoms with van der Waals surface area (Å²) < 4.78 is 27.4. The third-order valence-corrected chi connectivity index (χ3v) is 4.29. The van der Waals surface area contributed by atoms with Crippen LogP contribution >= 0.6 is 0 Å². The summed E-state index contributed by atoms with van der Waals surface area (Å²) in [6, 6.07) is 13.4. The molecule has 0 aromatic heterocycles. The molecule has 0 unspecified atom stereocenters. The Bertz CT molecular complexity index is 838. The van der Waals surface area contributed by atoms with Crippen molar-refractivity contribution < 1.29 is 8.42 Å².